The third kappa shape index (κ3) is 4.42. The summed E-state index contributed by atoms with van der Waals surface area (Å²) >= 11 is 4.96. The summed E-state index contributed by atoms with van der Waals surface area (Å²) in [5.41, 5.74) is 6.99. The van der Waals surface area contributed by atoms with E-state index < -0.39 is 0 Å². The Morgan fingerprint density at radius 1 is 1.33 bits per heavy atom. The fourth-order valence-electron chi connectivity index (χ4n) is 1.03. The third-order valence-corrected chi connectivity index (χ3v) is 1.83. The van der Waals surface area contributed by atoms with Gasteiger partial charge in [0.2, 0.25) is 5.91 Å². The van der Waals surface area contributed by atoms with Crippen molar-refractivity contribution in [3.63, 3.8) is 0 Å². The van der Waals surface area contributed by atoms with Crippen LogP contribution in [0.4, 0.5) is 5.69 Å². The van der Waals surface area contributed by atoms with Crippen LogP contribution in [0, 0.1) is 6.92 Å². The van der Waals surface area contributed by atoms with E-state index in [1.165, 1.54) is 6.92 Å². The highest BCUT2D eigenvalue weighted by Crippen LogP contribution is 2.08. The summed E-state index contributed by atoms with van der Waals surface area (Å²) in [6.07, 6.45) is 0. The molecule has 4 nitrogen and oxygen atoms in total. The third-order valence-electron chi connectivity index (χ3n) is 1.63. The SMILES string of the molecule is CC(=O)NNC(=S)Nc1cccc(C)c1. The normalized spacial score (nSPS) is 9.20. The molecule has 0 saturated carbocycles. The van der Waals surface area contributed by atoms with Crippen LogP contribution in [0.1, 0.15) is 12.5 Å². The summed E-state index contributed by atoms with van der Waals surface area (Å²) in [5.74, 6) is -0.191. The van der Waals surface area contributed by atoms with E-state index in [9.17, 15) is 4.79 Å². The number of nitrogens with one attached hydrogen (secondary N) is 3. The molecule has 0 unspecified atom stereocenters. The molecule has 0 aromatic heterocycles. The van der Waals surface area contributed by atoms with Gasteiger partial charge < -0.3 is 5.32 Å². The van der Waals surface area contributed by atoms with Crippen molar-refractivity contribution < 1.29 is 4.79 Å². The molecule has 1 aromatic carbocycles. The van der Waals surface area contributed by atoms with Crippen LogP contribution in [-0.2, 0) is 4.79 Å². The Bertz CT molecular complexity index is 379. The first kappa shape index (κ1) is 11.5. The number of rotatable bonds is 1. The van der Waals surface area contributed by atoms with Gasteiger partial charge in [-0.15, -0.1) is 0 Å². The van der Waals surface area contributed by atoms with Crippen LogP contribution in [0.15, 0.2) is 24.3 Å². The minimum absolute atomic E-state index is 0.191. The van der Waals surface area contributed by atoms with E-state index >= 15 is 0 Å². The summed E-state index contributed by atoms with van der Waals surface area (Å²) in [5, 5.41) is 3.30. The second-order valence-electron chi connectivity index (χ2n) is 3.13. The van der Waals surface area contributed by atoms with E-state index in [4.69, 9.17) is 12.2 Å². The monoisotopic (exact) mass is 223 g/mol. The van der Waals surface area contributed by atoms with Crippen molar-refractivity contribution in [1.82, 2.24) is 10.9 Å². The predicted molar refractivity (Wildman–Crippen MR) is 64.4 cm³/mol. The molecule has 0 atom stereocenters. The van der Waals surface area contributed by atoms with E-state index in [1.807, 2.05) is 31.2 Å². The van der Waals surface area contributed by atoms with Gasteiger partial charge in [-0.1, -0.05) is 12.1 Å². The highest BCUT2D eigenvalue weighted by atomic mass is 32.1. The Morgan fingerprint density at radius 2 is 2.07 bits per heavy atom. The van der Waals surface area contributed by atoms with Gasteiger partial charge in [0.15, 0.2) is 5.11 Å². The van der Waals surface area contributed by atoms with E-state index in [1.54, 1.807) is 0 Å². The number of hydrazine groups is 1. The van der Waals surface area contributed by atoms with Crippen molar-refractivity contribution in [3.8, 4) is 0 Å². The van der Waals surface area contributed by atoms with Gasteiger partial charge in [-0.05, 0) is 36.8 Å². The molecule has 0 spiro atoms. The molecule has 0 radical (unpaired) electrons. The molecule has 3 N–H and O–H groups in total. The van der Waals surface area contributed by atoms with Crippen LogP contribution in [0.25, 0.3) is 0 Å². The first-order chi connectivity index (χ1) is 7.08. The molecule has 80 valence electrons. The lowest BCUT2D eigenvalue weighted by molar-refractivity contribution is -0.119. The van der Waals surface area contributed by atoms with E-state index in [-0.39, 0.29) is 5.91 Å². The van der Waals surface area contributed by atoms with Gasteiger partial charge in [0, 0.05) is 12.6 Å². The Kier molecular flexibility index (Phi) is 4.05. The summed E-state index contributed by atoms with van der Waals surface area (Å²) in [6, 6.07) is 7.78. The molecule has 1 amide bonds. The summed E-state index contributed by atoms with van der Waals surface area (Å²) in [7, 11) is 0. The number of hydrogen-bond donors (Lipinski definition) is 3. The van der Waals surface area contributed by atoms with Gasteiger partial charge in [0.1, 0.15) is 0 Å². The lowest BCUT2D eigenvalue weighted by Crippen LogP contribution is -2.42. The number of carbonyl (C=O) groups is 1. The molecule has 15 heavy (non-hydrogen) atoms. The van der Waals surface area contributed by atoms with E-state index in [0.29, 0.717) is 5.11 Å². The molecule has 0 aliphatic heterocycles. The minimum Gasteiger partial charge on any atom is -0.331 e. The maximum Gasteiger partial charge on any atom is 0.235 e. The summed E-state index contributed by atoms with van der Waals surface area (Å²) in [4.78, 5) is 10.6. The fourth-order valence-corrected chi connectivity index (χ4v) is 1.20. The standard InChI is InChI=1S/C10H13N3OS/c1-7-4-3-5-9(6-7)11-10(15)13-12-8(2)14/h3-6H,1-2H3,(H,12,14)(H2,11,13,15). The number of anilines is 1. The highest BCUT2D eigenvalue weighted by Gasteiger charge is 1.97. The fraction of sp³-hybridized carbons (Fsp3) is 0.200. The highest BCUT2D eigenvalue weighted by molar-refractivity contribution is 7.80. The molecule has 0 bridgehead atoms. The number of aryl methyl sites for hydroxylation is 1. The molecule has 1 rings (SSSR count). The van der Waals surface area contributed by atoms with Crippen LogP contribution in [0.5, 0.6) is 0 Å². The smallest absolute Gasteiger partial charge is 0.235 e. The van der Waals surface area contributed by atoms with Crippen LogP contribution in [0.2, 0.25) is 0 Å². The maximum atomic E-state index is 10.6. The topological polar surface area (TPSA) is 53.2 Å². The van der Waals surface area contributed by atoms with Crippen molar-refractivity contribution in [2.45, 2.75) is 13.8 Å². The summed E-state index contributed by atoms with van der Waals surface area (Å²) < 4.78 is 0. The molecule has 0 aliphatic rings. The van der Waals surface area contributed by atoms with Gasteiger partial charge in [-0.3, -0.25) is 15.6 Å². The zero-order valence-corrected chi connectivity index (χ0v) is 9.44. The molecule has 0 heterocycles. The van der Waals surface area contributed by atoms with Crippen molar-refractivity contribution in [3.05, 3.63) is 29.8 Å². The lowest BCUT2D eigenvalue weighted by atomic mass is 10.2. The van der Waals surface area contributed by atoms with Crippen LogP contribution in [-0.4, -0.2) is 11.0 Å². The summed E-state index contributed by atoms with van der Waals surface area (Å²) in [6.45, 7) is 3.40. The van der Waals surface area contributed by atoms with Gasteiger partial charge in [0.05, 0.1) is 0 Å². The van der Waals surface area contributed by atoms with Crippen LogP contribution >= 0.6 is 12.2 Å². The van der Waals surface area contributed by atoms with Crippen molar-refractivity contribution in [2.24, 2.45) is 0 Å². The molecular weight excluding hydrogens is 210 g/mol. The van der Waals surface area contributed by atoms with Crippen molar-refractivity contribution >= 4 is 28.9 Å². The number of amides is 1. The first-order valence-electron chi connectivity index (χ1n) is 4.48. The quantitative estimate of drug-likeness (QED) is 0.496. The zero-order chi connectivity index (χ0) is 11.3. The van der Waals surface area contributed by atoms with Crippen molar-refractivity contribution in [2.75, 3.05) is 5.32 Å². The lowest BCUT2D eigenvalue weighted by Gasteiger charge is -2.10. The molecule has 5 heteroatoms. The zero-order valence-electron chi connectivity index (χ0n) is 8.63. The Labute approximate surface area is 94.0 Å². The van der Waals surface area contributed by atoms with Gasteiger partial charge in [-0.2, -0.15) is 0 Å². The Balaban J connectivity index is 2.48. The maximum absolute atomic E-state index is 10.6. The largest absolute Gasteiger partial charge is 0.331 e. The van der Waals surface area contributed by atoms with Crippen LogP contribution < -0.4 is 16.2 Å². The van der Waals surface area contributed by atoms with Gasteiger partial charge in [-0.25, -0.2) is 0 Å². The predicted octanol–water partition coefficient (Wildman–Crippen LogP) is 1.33. The molecule has 0 aliphatic carbocycles. The number of hydrogen-bond acceptors (Lipinski definition) is 2. The minimum atomic E-state index is -0.191. The van der Waals surface area contributed by atoms with Crippen LogP contribution in [0.3, 0.4) is 0 Å². The Hall–Kier alpha value is -1.62. The Morgan fingerprint density at radius 3 is 2.67 bits per heavy atom. The number of benzene rings is 1. The van der Waals surface area contributed by atoms with E-state index in [0.717, 1.165) is 11.3 Å². The average Bonchev–Trinajstić information content (AvgIpc) is 2.15. The first-order valence-corrected chi connectivity index (χ1v) is 4.89. The van der Waals surface area contributed by atoms with Crippen molar-refractivity contribution in [1.29, 1.82) is 0 Å². The van der Waals surface area contributed by atoms with E-state index in [2.05, 4.69) is 16.2 Å². The van der Waals surface area contributed by atoms with Gasteiger partial charge >= 0.3 is 0 Å². The second-order valence-corrected chi connectivity index (χ2v) is 3.54. The molecule has 1 aromatic rings. The number of carbonyl (C=O) groups excluding carboxylic acids is 1. The molecular formula is C10H13N3OS. The number of thiocarbonyl (C=S) groups is 1. The molecule has 0 fully saturated rings. The van der Waals surface area contributed by atoms with Gasteiger partial charge in [0.25, 0.3) is 0 Å². The average molecular weight is 223 g/mol. The second kappa shape index (κ2) is 5.31. The molecule has 0 saturated heterocycles.